The lowest BCUT2D eigenvalue weighted by molar-refractivity contribution is -0.131. The molecule has 13 heavy (non-hydrogen) atoms. The van der Waals surface area contributed by atoms with Gasteiger partial charge in [0.05, 0.1) is 6.20 Å². The van der Waals surface area contributed by atoms with Gasteiger partial charge < -0.3 is 4.90 Å². The van der Waals surface area contributed by atoms with Crippen molar-refractivity contribution in [1.29, 1.82) is 0 Å². The summed E-state index contributed by atoms with van der Waals surface area (Å²) in [6.45, 7) is 5.68. The third-order valence-electron chi connectivity index (χ3n) is 1.89. The molecule has 5 nitrogen and oxygen atoms in total. The summed E-state index contributed by atoms with van der Waals surface area (Å²) < 4.78 is 1.53. The number of hydrogen-bond donors (Lipinski definition) is 0. The molecule has 1 aromatic rings. The fourth-order valence-electron chi connectivity index (χ4n) is 1.13. The van der Waals surface area contributed by atoms with E-state index in [1.165, 1.54) is 4.68 Å². The van der Waals surface area contributed by atoms with Crippen LogP contribution < -0.4 is 0 Å². The number of nitrogens with zero attached hydrogens (tertiary/aromatic N) is 4. The predicted octanol–water partition coefficient (Wildman–Crippen LogP) is 0.146. The maximum atomic E-state index is 11.5. The molecule has 0 saturated heterocycles. The second-order valence-corrected chi connectivity index (χ2v) is 2.67. The quantitative estimate of drug-likeness (QED) is 0.666. The van der Waals surface area contributed by atoms with Gasteiger partial charge in [0, 0.05) is 19.3 Å². The molecule has 0 atom stereocenters. The molecular formula is C8H14N4O. The third kappa shape index (κ3) is 2.54. The summed E-state index contributed by atoms with van der Waals surface area (Å²) in [6.07, 6.45) is 3.25. The number of rotatable bonds is 4. The van der Waals surface area contributed by atoms with Gasteiger partial charge in [-0.2, -0.15) is 0 Å². The van der Waals surface area contributed by atoms with Crippen molar-refractivity contribution >= 4 is 5.91 Å². The molecule has 0 N–H and O–H groups in total. The van der Waals surface area contributed by atoms with Gasteiger partial charge in [-0.1, -0.05) is 5.21 Å². The van der Waals surface area contributed by atoms with Crippen LogP contribution in [0.2, 0.25) is 0 Å². The van der Waals surface area contributed by atoms with Crippen molar-refractivity contribution in [3.63, 3.8) is 0 Å². The van der Waals surface area contributed by atoms with E-state index >= 15 is 0 Å². The zero-order chi connectivity index (χ0) is 9.68. The smallest absolute Gasteiger partial charge is 0.244 e. The molecule has 0 unspecified atom stereocenters. The Kier molecular flexibility index (Phi) is 3.42. The molecule has 0 radical (unpaired) electrons. The topological polar surface area (TPSA) is 51.0 Å². The standard InChI is InChI=1S/C8H14N4O/c1-3-11(4-2)8(13)7-12-6-5-9-10-12/h5-6H,3-4,7H2,1-2H3. The van der Waals surface area contributed by atoms with Crippen LogP contribution in [0.3, 0.4) is 0 Å². The normalized spacial score (nSPS) is 10.0. The van der Waals surface area contributed by atoms with Gasteiger partial charge >= 0.3 is 0 Å². The summed E-state index contributed by atoms with van der Waals surface area (Å²) >= 11 is 0. The summed E-state index contributed by atoms with van der Waals surface area (Å²) in [5, 5.41) is 7.35. The highest BCUT2D eigenvalue weighted by atomic mass is 16.2. The molecular weight excluding hydrogens is 168 g/mol. The lowest BCUT2D eigenvalue weighted by atomic mass is 10.4. The zero-order valence-corrected chi connectivity index (χ0v) is 7.97. The monoisotopic (exact) mass is 182 g/mol. The van der Waals surface area contributed by atoms with Crippen molar-refractivity contribution in [3.8, 4) is 0 Å². The maximum Gasteiger partial charge on any atom is 0.244 e. The molecule has 0 fully saturated rings. The number of amides is 1. The average molecular weight is 182 g/mol. The highest BCUT2D eigenvalue weighted by Gasteiger charge is 2.09. The predicted molar refractivity (Wildman–Crippen MR) is 48.0 cm³/mol. The molecule has 1 rings (SSSR count). The molecule has 0 aliphatic heterocycles. The van der Waals surface area contributed by atoms with E-state index in [9.17, 15) is 4.79 Å². The van der Waals surface area contributed by atoms with E-state index in [2.05, 4.69) is 10.3 Å². The molecule has 1 amide bonds. The Morgan fingerprint density at radius 1 is 1.46 bits per heavy atom. The third-order valence-corrected chi connectivity index (χ3v) is 1.89. The number of aromatic nitrogens is 3. The van der Waals surface area contributed by atoms with Gasteiger partial charge in [-0.3, -0.25) is 4.79 Å². The Morgan fingerprint density at radius 3 is 2.62 bits per heavy atom. The molecule has 72 valence electrons. The van der Waals surface area contributed by atoms with Gasteiger partial charge in [-0.25, -0.2) is 4.68 Å². The summed E-state index contributed by atoms with van der Waals surface area (Å²) in [7, 11) is 0. The number of carbonyl (C=O) groups excluding carboxylic acids is 1. The Balaban J connectivity index is 2.49. The number of carbonyl (C=O) groups is 1. The van der Waals surface area contributed by atoms with Crippen molar-refractivity contribution in [2.24, 2.45) is 0 Å². The summed E-state index contributed by atoms with van der Waals surface area (Å²) in [6, 6.07) is 0. The highest BCUT2D eigenvalue weighted by Crippen LogP contribution is 1.91. The lowest BCUT2D eigenvalue weighted by Crippen LogP contribution is -2.33. The first-order valence-corrected chi connectivity index (χ1v) is 4.39. The van der Waals surface area contributed by atoms with E-state index < -0.39 is 0 Å². The van der Waals surface area contributed by atoms with E-state index in [1.54, 1.807) is 17.3 Å². The second-order valence-electron chi connectivity index (χ2n) is 2.67. The van der Waals surface area contributed by atoms with Crippen molar-refractivity contribution in [2.75, 3.05) is 13.1 Å². The average Bonchev–Trinajstić information content (AvgIpc) is 2.59. The SMILES string of the molecule is CCN(CC)C(=O)Cn1ccnn1. The van der Waals surface area contributed by atoms with Gasteiger partial charge in [0.1, 0.15) is 6.54 Å². The van der Waals surface area contributed by atoms with Crippen LogP contribution in [0.4, 0.5) is 0 Å². The molecule has 0 aliphatic carbocycles. The largest absolute Gasteiger partial charge is 0.342 e. The minimum atomic E-state index is 0.0792. The zero-order valence-electron chi connectivity index (χ0n) is 7.97. The maximum absolute atomic E-state index is 11.5. The minimum Gasteiger partial charge on any atom is -0.342 e. The van der Waals surface area contributed by atoms with Crippen LogP contribution in [0.25, 0.3) is 0 Å². The Hall–Kier alpha value is -1.39. The Morgan fingerprint density at radius 2 is 2.15 bits per heavy atom. The van der Waals surface area contributed by atoms with E-state index in [-0.39, 0.29) is 12.5 Å². The van der Waals surface area contributed by atoms with Crippen LogP contribution in [0.15, 0.2) is 12.4 Å². The first kappa shape index (κ1) is 9.70. The fourth-order valence-corrected chi connectivity index (χ4v) is 1.13. The van der Waals surface area contributed by atoms with E-state index in [1.807, 2.05) is 13.8 Å². The van der Waals surface area contributed by atoms with Crippen LogP contribution in [-0.2, 0) is 11.3 Å². The van der Waals surface area contributed by atoms with Gasteiger partial charge in [0.2, 0.25) is 5.91 Å². The number of likely N-dealkylation sites (N-methyl/N-ethyl adjacent to an activating group) is 1. The fraction of sp³-hybridized carbons (Fsp3) is 0.625. The molecule has 0 saturated carbocycles. The van der Waals surface area contributed by atoms with Crippen molar-refractivity contribution < 1.29 is 4.79 Å². The lowest BCUT2D eigenvalue weighted by Gasteiger charge is -2.17. The molecule has 5 heteroatoms. The van der Waals surface area contributed by atoms with Crippen LogP contribution in [0.5, 0.6) is 0 Å². The van der Waals surface area contributed by atoms with Gasteiger partial charge in [0.15, 0.2) is 0 Å². The van der Waals surface area contributed by atoms with E-state index in [4.69, 9.17) is 0 Å². The summed E-state index contributed by atoms with van der Waals surface area (Å²) in [5.41, 5.74) is 0. The summed E-state index contributed by atoms with van der Waals surface area (Å²) in [5.74, 6) is 0.0792. The van der Waals surface area contributed by atoms with Crippen LogP contribution >= 0.6 is 0 Å². The van der Waals surface area contributed by atoms with Crippen LogP contribution in [0, 0.1) is 0 Å². The van der Waals surface area contributed by atoms with Crippen molar-refractivity contribution in [1.82, 2.24) is 19.9 Å². The molecule has 0 spiro atoms. The van der Waals surface area contributed by atoms with Gasteiger partial charge in [-0.05, 0) is 13.8 Å². The van der Waals surface area contributed by atoms with E-state index in [0.29, 0.717) is 0 Å². The van der Waals surface area contributed by atoms with Crippen LogP contribution in [0.1, 0.15) is 13.8 Å². The first-order chi connectivity index (χ1) is 6.27. The van der Waals surface area contributed by atoms with Gasteiger partial charge in [-0.15, -0.1) is 5.10 Å². The highest BCUT2D eigenvalue weighted by molar-refractivity contribution is 5.75. The first-order valence-electron chi connectivity index (χ1n) is 4.39. The van der Waals surface area contributed by atoms with Gasteiger partial charge in [0.25, 0.3) is 0 Å². The van der Waals surface area contributed by atoms with E-state index in [0.717, 1.165) is 13.1 Å². The molecule has 1 aromatic heterocycles. The minimum absolute atomic E-state index is 0.0792. The second kappa shape index (κ2) is 4.59. The Labute approximate surface area is 77.3 Å². The molecule has 0 bridgehead atoms. The van der Waals surface area contributed by atoms with Crippen molar-refractivity contribution in [2.45, 2.75) is 20.4 Å². The van der Waals surface area contributed by atoms with Crippen molar-refractivity contribution in [3.05, 3.63) is 12.4 Å². The van der Waals surface area contributed by atoms with Crippen LogP contribution in [-0.4, -0.2) is 38.9 Å². The summed E-state index contributed by atoms with van der Waals surface area (Å²) in [4.78, 5) is 13.3. The number of hydrogen-bond acceptors (Lipinski definition) is 3. The molecule has 0 aromatic carbocycles. The Bertz CT molecular complexity index is 253. The molecule has 1 heterocycles. The molecule has 0 aliphatic rings.